The number of ether oxygens (including phenoxy) is 1. The first-order valence-electron chi connectivity index (χ1n) is 10.8. The Kier molecular flexibility index (Phi) is 8.11. The lowest BCUT2D eigenvalue weighted by molar-refractivity contribution is -0.140. The van der Waals surface area contributed by atoms with E-state index in [0.717, 1.165) is 11.3 Å². The van der Waals surface area contributed by atoms with Gasteiger partial charge in [0.2, 0.25) is 11.7 Å². The molecule has 3 rings (SSSR count). The van der Waals surface area contributed by atoms with Crippen molar-refractivity contribution in [1.82, 2.24) is 30.9 Å². The summed E-state index contributed by atoms with van der Waals surface area (Å²) in [6.07, 6.45) is 1.49. The van der Waals surface area contributed by atoms with Crippen LogP contribution in [0.25, 0.3) is 0 Å². The summed E-state index contributed by atoms with van der Waals surface area (Å²) in [7, 11) is 0. The van der Waals surface area contributed by atoms with Gasteiger partial charge >= 0.3 is 6.09 Å². The Labute approximate surface area is 191 Å². The Bertz CT molecular complexity index is 990. The molecule has 11 nitrogen and oxygen atoms in total. The number of Topliss-reactive ketones (excluding diaryl/α,β-unsaturated/α-hetero) is 1. The van der Waals surface area contributed by atoms with Crippen LogP contribution in [0, 0.1) is 5.92 Å². The van der Waals surface area contributed by atoms with Gasteiger partial charge in [-0.25, -0.2) is 9.48 Å². The number of ketones is 1. The van der Waals surface area contributed by atoms with Crippen LogP contribution in [0.3, 0.4) is 0 Å². The lowest BCUT2D eigenvalue weighted by Gasteiger charge is -2.25. The molecule has 2 unspecified atom stereocenters. The Morgan fingerprint density at radius 3 is 2.73 bits per heavy atom. The number of aryl methyl sites for hydroxylation is 1. The highest BCUT2D eigenvalue weighted by Gasteiger charge is 2.32. The van der Waals surface area contributed by atoms with Crippen molar-refractivity contribution in [2.45, 2.75) is 51.9 Å². The molecule has 2 atom stereocenters. The van der Waals surface area contributed by atoms with Crippen LogP contribution in [0.5, 0.6) is 0 Å². The zero-order valence-corrected chi connectivity index (χ0v) is 18.6. The lowest BCUT2D eigenvalue weighted by atomic mass is 10.0. The van der Waals surface area contributed by atoms with Gasteiger partial charge in [0.15, 0.2) is 0 Å². The van der Waals surface area contributed by atoms with Crippen molar-refractivity contribution in [2.75, 3.05) is 6.54 Å². The molecule has 33 heavy (non-hydrogen) atoms. The van der Waals surface area contributed by atoms with Gasteiger partial charge in [-0.1, -0.05) is 49.4 Å². The summed E-state index contributed by atoms with van der Waals surface area (Å²) in [5, 5.41) is 15.6. The molecule has 0 saturated carbocycles. The number of nitrogens with zero attached hydrogens (tertiary/aromatic N) is 3. The van der Waals surface area contributed by atoms with Crippen molar-refractivity contribution in [1.29, 1.82) is 0 Å². The van der Waals surface area contributed by atoms with Gasteiger partial charge in [0.05, 0.1) is 17.9 Å². The topological polar surface area (TPSA) is 144 Å². The van der Waals surface area contributed by atoms with Crippen LogP contribution in [0.4, 0.5) is 4.79 Å². The Morgan fingerprint density at radius 1 is 1.24 bits per heavy atom. The summed E-state index contributed by atoms with van der Waals surface area (Å²) < 4.78 is 6.85. The SMILES string of the molecule is CC(C)C(NC(=O)OCc1ccccc1)C(=O)NC1CCn2nncc2CCNC(=O)C1=O. The van der Waals surface area contributed by atoms with Crippen molar-refractivity contribution in [3.63, 3.8) is 0 Å². The Balaban J connectivity index is 1.64. The molecule has 0 spiro atoms. The van der Waals surface area contributed by atoms with Crippen LogP contribution < -0.4 is 16.0 Å². The van der Waals surface area contributed by atoms with Gasteiger partial charge in [-0.2, -0.15) is 0 Å². The molecular weight excluding hydrogens is 428 g/mol. The van der Waals surface area contributed by atoms with E-state index in [2.05, 4.69) is 26.3 Å². The second-order valence-corrected chi connectivity index (χ2v) is 8.10. The number of rotatable bonds is 6. The highest BCUT2D eigenvalue weighted by molar-refractivity contribution is 6.38. The molecule has 2 aromatic rings. The summed E-state index contributed by atoms with van der Waals surface area (Å²) in [5.41, 5.74) is 1.63. The highest BCUT2D eigenvalue weighted by Crippen LogP contribution is 2.08. The van der Waals surface area contributed by atoms with E-state index in [0.29, 0.717) is 13.0 Å². The molecule has 0 bridgehead atoms. The van der Waals surface area contributed by atoms with E-state index in [1.165, 1.54) is 0 Å². The molecule has 176 valence electrons. The quantitative estimate of drug-likeness (QED) is 0.532. The summed E-state index contributed by atoms with van der Waals surface area (Å²) in [6, 6.07) is 7.11. The number of carbonyl (C=O) groups excluding carboxylic acids is 4. The Hall–Kier alpha value is -3.76. The fourth-order valence-electron chi connectivity index (χ4n) is 3.42. The van der Waals surface area contributed by atoms with Gasteiger partial charge in [-0.05, 0) is 17.9 Å². The van der Waals surface area contributed by atoms with Crippen LogP contribution >= 0.6 is 0 Å². The molecule has 11 heteroatoms. The molecule has 0 radical (unpaired) electrons. The first-order valence-corrected chi connectivity index (χ1v) is 10.8. The summed E-state index contributed by atoms with van der Waals surface area (Å²) in [6.45, 7) is 4.12. The minimum absolute atomic E-state index is 0.0562. The van der Waals surface area contributed by atoms with Crippen molar-refractivity contribution in [3.8, 4) is 0 Å². The number of benzene rings is 1. The molecular formula is C22H28N6O5. The summed E-state index contributed by atoms with van der Waals surface area (Å²) in [5.74, 6) is -2.39. The highest BCUT2D eigenvalue weighted by atomic mass is 16.5. The van der Waals surface area contributed by atoms with E-state index >= 15 is 0 Å². The normalized spacial score (nSPS) is 17.5. The van der Waals surface area contributed by atoms with Crippen LogP contribution in [0.1, 0.15) is 31.5 Å². The fourth-order valence-corrected chi connectivity index (χ4v) is 3.42. The second kappa shape index (κ2) is 11.2. The minimum Gasteiger partial charge on any atom is -0.445 e. The molecule has 0 aliphatic carbocycles. The van der Waals surface area contributed by atoms with Crippen LogP contribution in [-0.4, -0.2) is 57.3 Å². The third-order valence-electron chi connectivity index (χ3n) is 5.29. The predicted molar refractivity (Wildman–Crippen MR) is 117 cm³/mol. The van der Waals surface area contributed by atoms with Gasteiger partial charge in [0.25, 0.3) is 5.91 Å². The van der Waals surface area contributed by atoms with Crippen LogP contribution in [0.15, 0.2) is 36.5 Å². The van der Waals surface area contributed by atoms with E-state index in [1.54, 1.807) is 24.7 Å². The molecule has 1 aliphatic heterocycles. The monoisotopic (exact) mass is 456 g/mol. The first kappa shape index (κ1) is 23.9. The lowest BCUT2D eigenvalue weighted by Crippen LogP contribution is -2.56. The van der Waals surface area contributed by atoms with Gasteiger partial charge in [0, 0.05) is 19.5 Å². The van der Waals surface area contributed by atoms with Crippen molar-refractivity contribution in [3.05, 3.63) is 47.8 Å². The third-order valence-corrected chi connectivity index (χ3v) is 5.29. The number of aromatic nitrogens is 3. The molecule has 1 aromatic heterocycles. The van der Waals surface area contributed by atoms with Crippen molar-refractivity contribution >= 4 is 23.7 Å². The van der Waals surface area contributed by atoms with Crippen LogP contribution in [-0.2, 0) is 38.7 Å². The summed E-state index contributed by atoms with van der Waals surface area (Å²) in [4.78, 5) is 50.1. The molecule has 3 N–H and O–H groups in total. The van der Waals surface area contributed by atoms with Crippen molar-refractivity contribution < 1.29 is 23.9 Å². The maximum absolute atomic E-state index is 13.0. The van der Waals surface area contributed by atoms with E-state index in [4.69, 9.17) is 4.74 Å². The molecule has 1 aliphatic rings. The predicted octanol–water partition coefficient (Wildman–Crippen LogP) is 0.345. The standard InChI is InChI=1S/C22H28N6O5/c1-14(2)18(26-22(32)33-13-15-6-4-3-5-7-15)20(30)25-17-9-11-28-16(12-24-27-28)8-10-23-21(31)19(17)29/h3-7,12,14,17-18H,8-11,13H2,1-2H3,(H,23,31)(H,25,30)(H,26,32). The molecule has 1 aromatic carbocycles. The van der Waals surface area contributed by atoms with Gasteiger partial charge in [0.1, 0.15) is 12.6 Å². The smallest absolute Gasteiger partial charge is 0.408 e. The van der Waals surface area contributed by atoms with E-state index in [-0.39, 0.29) is 25.5 Å². The molecule has 0 fully saturated rings. The fraction of sp³-hybridized carbons (Fsp3) is 0.455. The maximum Gasteiger partial charge on any atom is 0.408 e. The number of carbonyl (C=O) groups is 4. The van der Waals surface area contributed by atoms with E-state index < -0.39 is 35.8 Å². The van der Waals surface area contributed by atoms with E-state index in [9.17, 15) is 19.2 Å². The first-order chi connectivity index (χ1) is 15.8. The number of amides is 3. The molecule has 0 saturated heterocycles. The van der Waals surface area contributed by atoms with Gasteiger partial charge in [-0.15, -0.1) is 5.10 Å². The number of hydrogen-bond donors (Lipinski definition) is 3. The number of fused-ring (bicyclic) bond motifs is 1. The number of nitrogens with one attached hydrogen (secondary N) is 3. The van der Waals surface area contributed by atoms with Crippen molar-refractivity contribution in [2.24, 2.45) is 5.92 Å². The van der Waals surface area contributed by atoms with Gasteiger partial charge in [-0.3, -0.25) is 14.4 Å². The largest absolute Gasteiger partial charge is 0.445 e. The zero-order valence-electron chi connectivity index (χ0n) is 18.6. The third kappa shape index (κ3) is 6.61. The molecule has 2 heterocycles. The molecule has 3 amide bonds. The zero-order chi connectivity index (χ0) is 23.8. The summed E-state index contributed by atoms with van der Waals surface area (Å²) >= 11 is 0. The van der Waals surface area contributed by atoms with Gasteiger partial charge < -0.3 is 20.7 Å². The average Bonchev–Trinajstić information content (AvgIpc) is 3.25. The van der Waals surface area contributed by atoms with Crippen LogP contribution in [0.2, 0.25) is 0 Å². The Morgan fingerprint density at radius 2 is 2.00 bits per heavy atom. The number of alkyl carbamates (subject to hydrolysis) is 1. The van der Waals surface area contributed by atoms with E-state index in [1.807, 2.05) is 30.3 Å². The second-order valence-electron chi connectivity index (χ2n) is 8.10. The average molecular weight is 457 g/mol. The number of hydrogen-bond acceptors (Lipinski definition) is 7. The maximum atomic E-state index is 13.0. The minimum atomic E-state index is -1.07.